The zero-order valence-electron chi connectivity index (χ0n) is 29.3. The van der Waals surface area contributed by atoms with Crippen LogP contribution in [0.15, 0.2) is 30.9 Å². The van der Waals surface area contributed by atoms with Gasteiger partial charge in [-0.25, -0.2) is 9.13 Å². The summed E-state index contributed by atoms with van der Waals surface area (Å²) in [6.45, 7) is 4.60. The molecular weight excluding hydrogens is 508 g/mol. The molecule has 1 aromatic rings. The molecule has 0 spiro atoms. The number of aryl methyl sites for hydroxylation is 1. The fraction of sp³-hybridized carbons (Fsp3) is 0.875. The van der Waals surface area contributed by atoms with E-state index in [1.165, 1.54) is 199 Å². The van der Waals surface area contributed by atoms with Gasteiger partial charge in [-0.05, 0) is 51.4 Å². The van der Waals surface area contributed by atoms with Crippen LogP contribution in [-0.2, 0) is 7.05 Å². The maximum atomic E-state index is 2.50. The molecule has 1 rings (SSSR count). The molecule has 0 aliphatic rings. The molecule has 0 amide bonds. The van der Waals surface area contributed by atoms with Gasteiger partial charge in [-0.3, -0.25) is 0 Å². The van der Waals surface area contributed by atoms with Crippen molar-refractivity contribution in [1.82, 2.24) is 4.57 Å². The maximum absolute atomic E-state index is 2.50. The van der Waals surface area contributed by atoms with Gasteiger partial charge in [0.15, 0.2) is 0 Å². The molecule has 2 nitrogen and oxygen atoms in total. The van der Waals surface area contributed by atoms with Gasteiger partial charge < -0.3 is 0 Å². The summed E-state index contributed by atoms with van der Waals surface area (Å²) in [5, 5.41) is 0. The van der Waals surface area contributed by atoms with Crippen molar-refractivity contribution in [3.05, 3.63) is 30.9 Å². The molecule has 0 saturated heterocycles. The van der Waals surface area contributed by atoms with Crippen LogP contribution in [0.1, 0.15) is 219 Å². The molecule has 0 aliphatic carbocycles. The van der Waals surface area contributed by atoms with Crippen molar-refractivity contribution in [1.29, 1.82) is 0 Å². The standard InChI is InChI=1S/C40H77N2/c1-4-6-8-10-12-14-16-18-20-22-24-26-28-30-32-34-36-40(42-38-37-41(3)39-42)35-33-31-29-27-25-23-21-19-17-15-13-11-9-7-5-2/h17,19,37-40H,4-16,18,20-36H2,1-3H3/q+1/b19-17-. The van der Waals surface area contributed by atoms with Crippen molar-refractivity contribution in [2.24, 2.45) is 7.05 Å². The van der Waals surface area contributed by atoms with Gasteiger partial charge in [0.2, 0.25) is 6.33 Å². The number of hydrogen-bond donors (Lipinski definition) is 0. The lowest BCUT2D eigenvalue weighted by Crippen LogP contribution is -2.37. The molecule has 0 N–H and O–H groups in total. The Hall–Kier alpha value is -1.05. The number of rotatable bonds is 33. The second-order valence-electron chi connectivity index (χ2n) is 13.6. The molecular formula is C40H77N2+. The van der Waals surface area contributed by atoms with Crippen LogP contribution in [0.25, 0.3) is 0 Å². The highest BCUT2D eigenvalue weighted by atomic mass is 15.1. The first kappa shape index (κ1) is 39.0. The van der Waals surface area contributed by atoms with Crippen molar-refractivity contribution in [2.75, 3.05) is 0 Å². The average Bonchev–Trinajstić information content (AvgIpc) is 3.43. The minimum absolute atomic E-state index is 0.699. The van der Waals surface area contributed by atoms with Gasteiger partial charge in [0.05, 0.1) is 7.05 Å². The van der Waals surface area contributed by atoms with Crippen LogP contribution in [-0.4, -0.2) is 4.57 Å². The van der Waals surface area contributed by atoms with E-state index in [9.17, 15) is 0 Å². The summed E-state index contributed by atoms with van der Waals surface area (Å²) in [5.41, 5.74) is 0. The van der Waals surface area contributed by atoms with Gasteiger partial charge in [0.25, 0.3) is 0 Å². The summed E-state index contributed by atoms with van der Waals surface area (Å²) in [6.07, 6.45) is 55.7. The lowest BCUT2D eigenvalue weighted by atomic mass is 9.99. The summed E-state index contributed by atoms with van der Waals surface area (Å²) in [6, 6.07) is 0.699. The lowest BCUT2D eigenvalue weighted by molar-refractivity contribution is -0.724. The van der Waals surface area contributed by atoms with E-state index >= 15 is 0 Å². The molecule has 1 aromatic heterocycles. The molecule has 0 saturated carbocycles. The minimum Gasteiger partial charge on any atom is -0.240 e. The Labute approximate surface area is 265 Å². The Balaban J connectivity index is 1.99. The fourth-order valence-corrected chi connectivity index (χ4v) is 6.51. The summed E-state index contributed by atoms with van der Waals surface area (Å²) >= 11 is 0. The van der Waals surface area contributed by atoms with E-state index < -0.39 is 0 Å². The van der Waals surface area contributed by atoms with E-state index in [1.54, 1.807) is 0 Å². The predicted molar refractivity (Wildman–Crippen MR) is 188 cm³/mol. The van der Waals surface area contributed by atoms with E-state index in [4.69, 9.17) is 0 Å². The predicted octanol–water partition coefficient (Wildman–Crippen LogP) is 13.5. The SMILES string of the molecule is CCCCCCC/C=C\CCCCCCCCC(CCCCCCCCCCCCCCCCCC)[n+]1ccn(C)c1. The van der Waals surface area contributed by atoms with Gasteiger partial charge in [-0.1, -0.05) is 174 Å². The van der Waals surface area contributed by atoms with Crippen molar-refractivity contribution in [3.63, 3.8) is 0 Å². The van der Waals surface area contributed by atoms with Crippen LogP contribution >= 0.6 is 0 Å². The Kier molecular flexibility index (Phi) is 29.1. The monoisotopic (exact) mass is 586 g/mol. The van der Waals surface area contributed by atoms with Crippen LogP contribution in [0.5, 0.6) is 0 Å². The summed E-state index contributed by atoms with van der Waals surface area (Å²) < 4.78 is 4.71. The topological polar surface area (TPSA) is 8.81 Å². The van der Waals surface area contributed by atoms with Gasteiger partial charge in [0.1, 0.15) is 18.4 Å². The van der Waals surface area contributed by atoms with Crippen LogP contribution < -0.4 is 4.57 Å². The Bertz CT molecular complexity index is 675. The maximum Gasteiger partial charge on any atom is 0.243 e. The zero-order chi connectivity index (χ0) is 30.2. The number of imidazole rings is 1. The smallest absolute Gasteiger partial charge is 0.240 e. The van der Waals surface area contributed by atoms with Gasteiger partial charge >= 0.3 is 0 Å². The number of allylic oxidation sites excluding steroid dienone is 2. The molecule has 1 unspecified atom stereocenters. The fourth-order valence-electron chi connectivity index (χ4n) is 6.51. The highest BCUT2D eigenvalue weighted by Crippen LogP contribution is 2.20. The first-order valence-corrected chi connectivity index (χ1v) is 19.5. The molecule has 246 valence electrons. The first-order valence-electron chi connectivity index (χ1n) is 19.5. The molecule has 1 heterocycles. The molecule has 0 aliphatic heterocycles. The molecule has 42 heavy (non-hydrogen) atoms. The summed E-state index contributed by atoms with van der Waals surface area (Å²) in [7, 11) is 2.16. The van der Waals surface area contributed by atoms with Gasteiger partial charge in [-0.2, -0.15) is 0 Å². The van der Waals surface area contributed by atoms with Crippen LogP contribution in [0.3, 0.4) is 0 Å². The van der Waals surface area contributed by atoms with Gasteiger partial charge in [0, 0.05) is 0 Å². The van der Waals surface area contributed by atoms with Crippen LogP contribution in [0, 0.1) is 0 Å². The molecule has 1 atom stereocenters. The Morgan fingerprint density at radius 2 is 0.810 bits per heavy atom. The van der Waals surface area contributed by atoms with E-state index in [2.05, 4.69) is 60.9 Å². The van der Waals surface area contributed by atoms with E-state index in [1.807, 2.05) is 0 Å². The van der Waals surface area contributed by atoms with Crippen molar-refractivity contribution >= 4 is 0 Å². The van der Waals surface area contributed by atoms with E-state index in [0.29, 0.717) is 6.04 Å². The third-order valence-electron chi connectivity index (χ3n) is 9.40. The second kappa shape index (κ2) is 31.4. The quantitative estimate of drug-likeness (QED) is 0.0440. The normalized spacial score (nSPS) is 12.5. The number of unbranched alkanes of at least 4 members (excludes halogenated alkanes) is 26. The van der Waals surface area contributed by atoms with Gasteiger partial charge in [-0.15, -0.1) is 0 Å². The third-order valence-corrected chi connectivity index (χ3v) is 9.40. The highest BCUT2D eigenvalue weighted by molar-refractivity contribution is 4.81. The first-order chi connectivity index (χ1) is 20.8. The van der Waals surface area contributed by atoms with Crippen LogP contribution in [0.2, 0.25) is 0 Å². The van der Waals surface area contributed by atoms with Crippen molar-refractivity contribution in [3.8, 4) is 0 Å². The molecule has 2 heteroatoms. The molecule has 0 aromatic carbocycles. The second-order valence-corrected chi connectivity index (χ2v) is 13.6. The number of hydrogen-bond acceptors (Lipinski definition) is 0. The minimum atomic E-state index is 0.699. The number of nitrogens with zero attached hydrogens (tertiary/aromatic N) is 2. The van der Waals surface area contributed by atoms with E-state index in [0.717, 1.165) is 0 Å². The third kappa shape index (κ3) is 25.4. The van der Waals surface area contributed by atoms with Crippen LogP contribution in [0.4, 0.5) is 0 Å². The number of aromatic nitrogens is 2. The van der Waals surface area contributed by atoms with Crippen molar-refractivity contribution < 1.29 is 4.57 Å². The molecule has 0 radical (unpaired) electrons. The van der Waals surface area contributed by atoms with E-state index in [-0.39, 0.29) is 0 Å². The average molecular weight is 586 g/mol. The van der Waals surface area contributed by atoms with Crippen molar-refractivity contribution in [2.45, 2.75) is 219 Å². The summed E-state index contributed by atoms with van der Waals surface area (Å²) in [4.78, 5) is 0. The Morgan fingerprint density at radius 3 is 1.14 bits per heavy atom. The zero-order valence-corrected chi connectivity index (χ0v) is 29.3. The molecule has 0 fully saturated rings. The lowest BCUT2D eigenvalue weighted by Gasteiger charge is -2.14. The summed E-state index contributed by atoms with van der Waals surface area (Å²) in [5.74, 6) is 0. The Morgan fingerprint density at radius 1 is 0.476 bits per heavy atom. The largest absolute Gasteiger partial charge is 0.243 e. The molecule has 0 bridgehead atoms. The highest BCUT2D eigenvalue weighted by Gasteiger charge is 2.15.